The van der Waals surface area contributed by atoms with Crippen molar-refractivity contribution >= 4 is 70.4 Å². The number of hydrogen-bond acceptors (Lipinski definition) is 4. The number of benzene rings is 9. The third kappa shape index (κ3) is 6.04. The van der Waals surface area contributed by atoms with Crippen molar-refractivity contribution in [1.82, 2.24) is 4.98 Å². The van der Waals surface area contributed by atoms with Gasteiger partial charge in [0.05, 0.1) is 0 Å². The van der Waals surface area contributed by atoms with Crippen molar-refractivity contribution in [2.75, 3.05) is 4.90 Å². The predicted molar refractivity (Wildman–Crippen MR) is 241 cm³/mol. The first-order valence-electron chi connectivity index (χ1n) is 19.2. The Kier molecular flexibility index (Phi) is 8.01. The van der Waals surface area contributed by atoms with Gasteiger partial charge >= 0.3 is 0 Å². The van der Waals surface area contributed by atoms with Crippen molar-refractivity contribution in [1.29, 1.82) is 0 Å². The molecule has 4 heteroatoms. The summed E-state index contributed by atoms with van der Waals surface area (Å²) in [4.78, 5) is 7.20. The Morgan fingerprint density at radius 3 is 1.79 bits per heavy atom. The normalized spacial score (nSPS) is 11.5. The van der Waals surface area contributed by atoms with E-state index >= 15 is 0 Å². The highest BCUT2D eigenvalue weighted by Crippen LogP contribution is 2.43. The SMILES string of the molecule is c1ccc(-c2cccc(N(c3ccc(-c4ccc5ccccc5c4)cc3)c3ccc(-c4cccc5c4sc4cc6nc(-c7ccccc7)oc6cc45)cc3)c2)cc1. The van der Waals surface area contributed by atoms with E-state index in [9.17, 15) is 0 Å². The van der Waals surface area contributed by atoms with E-state index in [-0.39, 0.29) is 0 Å². The van der Waals surface area contributed by atoms with Crippen LogP contribution in [0.1, 0.15) is 0 Å². The number of nitrogens with zero attached hydrogens (tertiary/aromatic N) is 2. The zero-order valence-corrected chi connectivity index (χ0v) is 31.7. The predicted octanol–water partition coefficient (Wildman–Crippen LogP) is 15.5. The molecule has 0 spiro atoms. The summed E-state index contributed by atoms with van der Waals surface area (Å²) in [6.07, 6.45) is 0. The molecule has 11 rings (SSSR count). The maximum atomic E-state index is 6.27. The van der Waals surface area contributed by atoms with Crippen LogP contribution in [0.3, 0.4) is 0 Å². The van der Waals surface area contributed by atoms with Gasteiger partial charge in [0.2, 0.25) is 5.89 Å². The molecular formula is C53H34N2OS. The number of fused-ring (bicyclic) bond motifs is 5. The van der Waals surface area contributed by atoms with Gasteiger partial charge in [-0.15, -0.1) is 11.3 Å². The fraction of sp³-hybridized carbons (Fsp3) is 0. The van der Waals surface area contributed by atoms with Gasteiger partial charge in [-0.1, -0.05) is 140 Å². The van der Waals surface area contributed by atoms with Gasteiger partial charge in [-0.25, -0.2) is 4.98 Å². The van der Waals surface area contributed by atoms with Crippen LogP contribution >= 0.6 is 11.3 Å². The lowest BCUT2D eigenvalue weighted by molar-refractivity contribution is 0.620. The summed E-state index contributed by atoms with van der Waals surface area (Å²) in [5.74, 6) is 0.648. The fourth-order valence-electron chi connectivity index (χ4n) is 8.01. The minimum atomic E-state index is 0.648. The van der Waals surface area contributed by atoms with Gasteiger partial charge in [0, 0.05) is 42.8 Å². The minimum absolute atomic E-state index is 0.648. The van der Waals surface area contributed by atoms with E-state index in [4.69, 9.17) is 9.40 Å². The van der Waals surface area contributed by atoms with Crippen LogP contribution in [0.5, 0.6) is 0 Å². The molecule has 268 valence electrons. The Morgan fingerprint density at radius 1 is 0.404 bits per heavy atom. The summed E-state index contributed by atoms with van der Waals surface area (Å²) in [6, 6.07) is 73.6. The maximum absolute atomic E-state index is 6.27. The van der Waals surface area contributed by atoms with Crippen LogP contribution in [0.4, 0.5) is 17.1 Å². The van der Waals surface area contributed by atoms with Crippen LogP contribution in [0.15, 0.2) is 211 Å². The summed E-state index contributed by atoms with van der Waals surface area (Å²) in [5, 5.41) is 4.91. The smallest absolute Gasteiger partial charge is 0.227 e. The van der Waals surface area contributed by atoms with E-state index in [1.807, 2.05) is 41.7 Å². The summed E-state index contributed by atoms with van der Waals surface area (Å²) in [7, 11) is 0. The van der Waals surface area contributed by atoms with Gasteiger partial charge in [0.25, 0.3) is 0 Å². The third-order valence-electron chi connectivity index (χ3n) is 10.9. The second-order valence-corrected chi connectivity index (χ2v) is 15.4. The molecule has 0 atom stereocenters. The fourth-order valence-corrected chi connectivity index (χ4v) is 9.27. The Balaban J connectivity index is 0.974. The molecule has 0 radical (unpaired) electrons. The lowest BCUT2D eigenvalue weighted by atomic mass is 10.00. The van der Waals surface area contributed by atoms with Crippen molar-refractivity contribution in [3.05, 3.63) is 206 Å². The Hall–Kier alpha value is -7.27. The lowest BCUT2D eigenvalue weighted by Crippen LogP contribution is -2.10. The van der Waals surface area contributed by atoms with Crippen LogP contribution < -0.4 is 4.90 Å². The van der Waals surface area contributed by atoms with E-state index in [0.717, 1.165) is 33.7 Å². The standard InChI is InChI=1S/C53H34N2OS/c1-3-11-35(12-4-1)41-17-9-18-45(32-41)55(43-27-23-37(24-28-43)42-22-21-36-13-7-8-16-40(36)31-42)44-29-25-38(26-30-44)46-19-10-20-47-48-33-50-49(34-51(48)57-52(46)47)54-53(56-50)39-14-5-2-6-15-39/h1-34H. The van der Waals surface area contributed by atoms with Crippen LogP contribution in [0, 0.1) is 0 Å². The highest BCUT2D eigenvalue weighted by Gasteiger charge is 2.17. The summed E-state index contributed by atoms with van der Waals surface area (Å²) in [5.41, 5.74) is 13.1. The van der Waals surface area contributed by atoms with Crippen LogP contribution in [0.25, 0.3) is 86.9 Å². The maximum Gasteiger partial charge on any atom is 0.227 e. The third-order valence-corrected chi connectivity index (χ3v) is 12.1. The summed E-state index contributed by atoms with van der Waals surface area (Å²) < 4.78 is 8.73. The number of aromatic nitrogens is 1. The second-order valence-electron chi connectivity index (χ2n) is 14.4. The highest BCUT2D eigenvalue weighted by atomic mass is 32.1. The molecule has 0 amide bonds. The second kappa shape index (κ2) is 13.8. The van der Waals surface area contributed by atoms with Crippen LogP contribution in [-0.4, -0.2) is 4.98 Å². The van der Waals surface area contributed by atoms with Gasteiger partial charge in [0.15, 0.2) is 5.58 Å². The van der Waals surface area contributed by atoms with E-state index in [0.29, 0.717) is 5.89 Å². The molecule has 0 unspecified atom stereocenters. The van der Waals surface area contributed by atoms with Gasteiger partial charge in [0.1, 0.15) is 5.52 Å². The monoisotopic (exact) mass is 746 g/mol. The quantitative estimate of drug-likeness (QED) is 0.163. The molecule has 2 aromatic heterocycles. The van der Waals surface area contributed by atoms with Crippen LogP contribution in [-0.2, 0) is 0 Å². The van der Waals surface area contributed by atoms with Crippen molar-refractivity contribution in [2.45, 2.75) is 0 Å². The van der Waals surface area contributed by atoms with Gasteiger partial charge < -0.3 is 9.32 Å². The van der Waals surface area contributed by atoms with Crippen molar-refractivity contribution < 1.29 is 4.42 Å². The number of anilines is 3. The van der Waals surface area contributed by atoms with Gasteiger partial charge in [-0.05, 0) is 111 Å². The molecule has 0 aliphatic rings. The van der Waals surface area contributed by atoms with Crippen molar-refractivity contribution in [3.8, 4) is 44.8 Å². The average molecular weight is 747 g/mol. The molecular weight excluding hydrogens is 713 g/mol. The van der Waals surface area contributed by atoms with Gasteiger partial charge in [-0.3, -0.25) is 0 Å². The molecule has 0 saturated carbocycles. The molecule has 0 N–H and O–H groups in total. The van der Waals surface area contributed by atoms with E-state index in [2.05, 4.69) is 181 Å². The Bertz CT molecular complexity index is 3220. The summed E-state index contributed by atoms with van der Waals surface area (Å²) >= 11 is 1.81. The molecule has 0 bridgehead atoms. The topological polar surface area (TPSA) is 29.3 Å². The Morgan fingerprint density at radius 2 is 1.02 bits per heavy atom. The lowest BCUT2D eigenvalue weighted by Gasteiger charge is -2.26. The first kappa shape index (κ1) is 33.1. The number of thiophene rings is 1. The Labute approximate surface area is 334 Å². The number of oxazole rings is 1. The molecule has 0 aliphatic heterocycles. The molecule has 11 aromatic rings. The highest BCUT2D eigenvalue weighted by molar-refractivity contribution is 7.26. The number of hydrogen-bond donors (Lipinski definition) is 0. The molecule has 0 saturated heterocycles. The molecule has 0 fully saturated rings. The van der Waals surface area contributed by atoms with Gasteiger partial charge in [-0.2, -0.15) is 0 Å². The molecule has 9 aromatic carbocycles. The van der Waals surface area contributed by atoms with Crippen LogP contribution in [0.2, 0.25) is 0 Å². The zero-order chi connectivity index (χ0) is 37.7. The van der Waals surface area contributed by atoms with E-state index in [1.165, 1.54) is 64.3 Å². The van der Waals surface area contributed by atoms with E-state index in [1.54, 1.807) is 0 Å². The molecule has 2 heterocycles. The largest absolute Gasteiger partial charge is 0.436 e. The first-order chi connectivity index (χ1) is 28.2. The van der Waals surface area contributed by atoms with Crippen molar-refractivity contribution in [3.63, 3.8) is 0 Å². The van der Waals surface area contributed by atoms with E-state index < -0.39 is 0 Å². The minimum Gasteiger partial charge on any atom is -0.436 e. The molecule has 0 aliphatic carbocycles. The molecule has 3 nitrogen and oxygen atoms in total. The molecule has 57 heavy (non-hydrogen) atoms. The summed E-state index contributed by atoms with van der Waals surface area (Å²) in [6.45, 7) is 0. The average Bonchev–Trinajstić information content (AvgIpc) is 3.87. The first-order valence-corrected chi connectivity index (χ1v) is 20.0. The number of rotatable bonds is 7. The zero-order valence-electron chi connectivity index (χ0n) is 30.8. The van der Waals surface area contributed by atoms with Crippen molar-refractivity contribution in [2.24, 2.45) is 0 Å².